The van der Waals surface area contributed by atoms with Crippen LogP contribution in [0.5, 0.6) is 0 Å². The molecule has 0 radical (unpaired) electrons. The summed E-state index contributed by atoms with van der Waals surface area (Å²) < 4.78 is 1.13. The highest BCUT2D eigenvalue weighted by molar-refractivity contribution is 9.10. The van der Waals surface area contributed by atoms with Crippen LogP contribution in [0.4, 0.5) is 5.82 Å². The SMILES string of the molecule is Cc1nc2c(cc1Br)C[C@@H]1CNC[C@@H](C)N21. The Labute approximate surface area is 104 Å². The van der Waals surface area contributed by atoms with Crippen LogP contribution in [0, 0.1) is 6.92 Å². The third-order valence-electron chi connectivity index (χ3n) is 3.60. The number of fused-ring (bicyclic) bond motifs is 3. The van der Waals surface area contributed by atoms with Crippen molar-refractivity contribution in [3.05, 3.63) is 21.8 Å². The zero-order chi connectivity index (χ0) is 11.3. The second-order valence-electron chi connectivity index (χ2n) is 4.81. The zero-order valence-electron chi connectivity index (χ0n) is 9.63. The number of piperazine rings is 1. The molecule has 2 aliphatic rings. The standard InChI is InChI=1S/C12H16BrN3/c1-7-5-14-6-10-3-9-4-11(13)8(2)15-12(9)16(7)10/h4,7,10,14H,3,5-6H2,1-2H3/t7-,10-/m1/s1. The summed E-state index contributed by atoms with van der Waals surface area (Å²) in [6.07, 6.45) is 1.12. The van der Waals surface area contributed by atoms with Crippen molar-refractivity contribution >= 4 is 21.7 Å². The first-order chi connectivity index (χ1) is 7.66. The smallest absolute Gasteiger partial charge is 0.132 e. The van der Waals surface area contributed by atoms with Crippen molar-refractivity contribution in [1.29, 1.82) is 0 Å². The van der Waals surface area contributed by atoms with Crippen LogP contribution in [-0.2, 0) is 6.42 Å². The first-order valence-electron chi connectivity index (χ1n) is 5.82. The molecule has 16 heavy (non-hydrogen) atoms. The molecule has 0 unspecified atom stereocenters. The summed E-state index contributed by atoms with van der Waals surface area (Å²) in [5.41, 5.74) is 2.48. The van der Waals surface area contributed by atoms with Gasteiger partial charge in [0.25, 0.3) is 0 Å². The monoisotopic (exact) mass is 281 g/mol. The van der Waals surface area contributed by atoms with E-state index in [0.717, 1.165) is 29.7 Å². The average Bonchev–Trinajstić information content (AvgIpc) is 2.58. The van der Waals surface area contributed by atoms with Crippen LogP contribution < -0.4 is 10.2 Å². The van der Waals surface area contributed by atoms with Crippen LogP contribution in [0.2, 0.25) is 0 Å². The number of anilines is 1. The van der Waals surface area contributed by atoms with E-state index in [9.17, 15) is 0 Å². The molecule has 3 heterocycles. The zero-order valence-corrected chi connectivity index (χ0v) is 11.2. The summed E-state index contributed by atoms with van der Waals surface area (Å²) in [6.45, 7) is 6.47. The molecular weight excluding hydrogens is 266 g/mol. The molecule has 3 rings (SSSR count). The van der Waals surface area contributed by atoms with Crippen molar-refractivity contribution in [2.45, 2.75) is 32.4 Å². The maximum absolute atomic E-state index is 4.74. The van der Waals surface area contributed by atoms with Gasteiger partial charge in [-0.2, -0.15) is 0 Å². The highest BCUT2D eigenvalue weighted by Gasteiger charge is 2.36. The Bertz CT molecular complexity index is 433. The molecule has 0 bridgehead atoms. The summed E-state index contributed by atoms with van der Waals surface area (Å²) >= 11 is 3.57. The fourth-order valence-electron chi connectivity index (χ4n) is 2.80. The van der Waals surface area contributed by atoms with Crippen molar-refractivity contribution in [3.8, 4) is 0 Å². The van der Waals surface area contributed by atoms with E-state index in [2.05, 4.69) is 46.1 Å². The Morgan fingerprint density at radius 2 is 2.31 bits per heavy atom. The van der Waals surface area contributed by atoms with Gasteiger partial charge in [0, 0.05) is 29.6 Å². The minimum Gasteiger partial charge on any atom is -0.348 e. The molecule has 4 heteroatoms. The van der Waals surface area contributed by atoms with Crippen LogP contribution in [0.15, 0.2) is 10.5 Å². The predicted octanol–water partition coefficient (Wildman–Crippen LogP) is 1.88. The van der Waals surface area contributed by atoms with E-state index in [1.807, 2.05) is 0 Å². The lowest BCUT2D eigenvalue weighted by molar-refractivity contribution is 0.427. The topological polar surface area (TPSA) is 28.2 Å². The summed E-state index contributed by atoms with van der Waals surface area (Å²) in [6, 6.07) is 3.39. The van der Waals surface area contributed by atoms with E-state index >= 15 is 0 Å². The normalized spacial score (nSPS) is 27.8. The summed E-state index contributed by atoms with van der Waals surface area (Å²) in [5.74, 6) is 1.21. The van der Waals surface area contributed by atoms with Crippen LogP contribution >= 0.6 is 15.9 Å². The van der Waals surface area contributed by atoms with E-state index in [0.29, 0.717) is 12.1 Å². The molecule has 0 saturated carbocycles. The summed E-state index contributed by atoms with van der Waals surface area (Å²) in [4.78, 5) is 7.23. The summed E-state index contributed by atoms with van der Waals surface area (Å²) in [7, 11) is 0. The molecule has 0 amide bonds. The van der Waals surface area contributed by atoms with Crippen molar-refractivity contribution in [1.82, 2.24) is 10.3 Å². The molecule has 2 aliphatic heterocycles. The minimum absolute atomic E-state index is 0.549. The van der Waals surface area contributed by atoms with Gasteiger partial charge in [-0.05, 0) is 47.8 Å². The lowest BCUT2D eigenvalue weighted by atomic mass is 10.1. The maximum Gasteiger partial charge on any atom is 0.132 e. The van der Waals surface area contributed by atoms with Gasteiger partial charge in [-0.3, -0.25) is 0 Å². The fraction of sp³-hybridized carbons (Fsp3) is 0.583. The van der Waals surface area contributed by atoms with Crippen molar-refractivity contribution in [3.63, 3.8) is 0 Å². The lowest BCUT2D eigenvalue weighted by Crippen LogP contribution is -2.55. The molecule has 3 nitrogen and oxygen atoms in total. The Morgan fingerprint density at radius 3 is 3.12 bits per heavy atom. The molecule has 86 valence electrons. The second-order valence-corrected chi connectivity index (χ2v) is 5.67. The Balaban J connectivity index is 2.06. The number of rotatable bonds is 0. The van der Waals surface area contributed by atoms with E-state index < -0.39 is 0 Å². The van der Waals surface area contributed by atoms with E-state index in [1.54, 1.807) is 0 Å². The van der Waals surface area contributed by atoms with Gasteiger partial charge in [0.05, 0.1) is 5.69 Å². The molecule has 1 fully saturated rings. The van der Waals surface area contributed by atoms with E-state index in [4.69, 9.17) is 4.98 Å². The van der Waals surface area contributed by atoms with Gasteiger partial charge >= 0.3 is 0 Å². The van der Waals surface area contributed by atoms with E-state index in [-0.39, 0.29) is 0 Å². The Kier molecular flexibility index (Phi) is 2.44. The lowest BCUT2D eigenvalue weighted by Gasteiger charge is -2.37. The minimum atomic E-state index is 0.549. The fourth-order valence-corrected chi connectivity index (χ4v) is 3.17. The molecule has 1 aromatic rings. The highest BCUT2D eigenvalue weighted by atomic mass is 79.9. The molecule has 2 atom stereocenters. The molecule has 1 saturated heterocycles. The van der Waals surface area contributed by atoms with Gasteiger partial charge < -0.3 is 10.2 Å². The molecule has 0 aromatic carbocycles. The molecule has 1 N–H and O–H groups in total. The Hall–Kier alpha value is -0.610. The number of aromatic nitrogens is 1. The van der Waals surface area contributed by atoms with Crippen LogP contribution in [0.3, 0.4) is 0 Å². The molecule has 0 aliphatic carbocycles. The van der Waals surface area contributed by atoms with Crippen LogP contribution in [-0.4, -0.2) is 30.2 Å². The average molecular weight is 282 g/mol. The molecular formula is C12H16BrN3. The van der Waals surface area contributed by atoms with Crippen molar-refractivity contribution in [2.75, 3.05) is 18.0 Å². The predicted molar refractivity (Wildman–Crippen MR) is 69.0 cm³/mol. The number of hydrogen-bond acceptors (Lipinski definition) is 3. The number of pyridine rings is 1. The number of halogens is 1. The highest BCUT2D eigenvalue weighted by Crippen LogP contribution is 2.35. The summed E-state index contributed by atoms with van der Waals surface area (Å²) in [5, 5.41) is 3.49. The van der Waals surface area contributed by atoms with Crippen LogP contribution in [0.1, 0.15) is 18.2 Å². The first-order valence-corrected chi connectivity index (χ1v) is 6.61. The van der Waals surface area contributed by atoms with Crippen LogP contribution in [0.25, 0.3) is 0 Å². The molecule has 1 aromatic heterocycles. The van der Waals surface area contributed by atoms with E-state index in [1.165, 1.54) is 11.4 Å². The Morgan fingerprint density at radius 1 is 1.50 bits per heavy atom. The van der Waals surface area contributed by atoms with Gasteiger partial charge in [-0.1, -0.05) is 0 Å². The van der Waals surface area contributed by atoms with Gasteiger partial charge in [0.2, 0.25) is 0 Å². The van der Waals surface area contributed by atoms with Crippen molar-refractivity contribution in [2.24, 2.45) is 0 Å². The quantitative estimate of drug-likeness (QED) is 0.787. The second kappa shape index (κ2) is 3.70. The van der Waals surface area contributed by atoms with Crippen molar-refractivity contribution < 1.29 is 0 Å². The molecule has 0 spiro atoms. The number of hydrogen-bond donors (Lipinski definition) is 1. The third-order valence-corrected chi connectivity index (χ3v) is 4.40. The first kappa shape index (κ1) is 10.5. The van der Waals surface area contributed by atoms with Gasteiger partial charge in [0.15, 0.2) is 0 Å². The van der Waals surface area contributed by atoms with Gasteiger partial charge in [-0.25, -0.2) is 4.98 Å². The largest absolute Gasteiger partial charge is 0.348 e. The number of aryl methyl sites for hydroxylation is 1. The third kappa shape index (κ3) is 1.47. The van der Waals surface area contributed by atoms with Gasteiger partial charge in [0.1, 0.15) is 5.82 Å². The van der Waals surface area contributed by atoms with Gasteiger partial charge in [-0.15, -0.1) is 0 Å². The number of nitrogens with zero attached hydrogens (tertiary/aromatic N) is 2. The number of nitrogens with one attached hydrogen (secondary N) is 1. The maximum atomic E-state index is 4.74.